The van der Waals surface area contributed by atoms with Crippen molar-refractivity contribution in [1.29, 1.82) is 0 Å². The largest absolute Gasteiger partial charge is 0 e. The fourth-order valence-corrected chi connectivity index (χ4v) is 0. The second-order valence-corrected chi connectivity index (χ2v) is 0. The Hall–Kier alpha value is 2.15. The van der Waals surface area contributed by atoms with Crippen LogP contribution in [0.1, 0.15) is 0 Å². The molecular weight excluding hydrogens is 239 g/mol. The summed E-state index contributed by atoms with van der Waals surface area (Å²) in [6.45, 7) is 0. The van der Waals surface area contributed by atoms with Gasteiger partial charge >= 0.3 is 0 Å². The molecule has 0 atom stereocenters. The third-order valence-corrected chi connectivity index (χ3v) is 0. The van der Waals surface area contributed by atoms with Gasteiger partial charge < -0.3 is 0 Å². The van der Waals surface area contributed by atoms with E-state index in [9.17, 15) is 0 Å². The topological polar surface area (TPSA) is 0 Å². The smallest absolute Gasteiger partial charge is 0 e. The van der Waals surface area contributed by atoms with Crippen LogP contribution in [-0.4, -0.2) is 19.4 Å². The van der Waals surface area contributed by atoms with Gasteiger partial charge in [0, 0.05) is 77.3 Å². The van der Waals surface area contributed by atoms with E-state index in [1.165, 1.54) is 0 Å². The van der Waals surface area contributed by atoms with Gasteiger partial charge in [-0.25, -0.2) is 0 Å². The van der Waals surface area contributed by atoms with E-state index in [1.807, 2.05) is 0 Å². The molecule has 4 heavy (non-hydrogen) atoms. The van der Waals surface area contributed by atoms with Crippen LogP contribution >= 0.6 is 0 Å². The molecule has 0 amide bonds. The molecule has 0 saturated heterocycles. The number of hydrogen-bond donors (Lipinski definition) is 0. The zero-order valence-electron chi connectivity index (χ0n) is 1.93. The normalized spacial score (nSPS) is 0. The van der Waals surface area contributed by atoms with Crippen LogP contribution in [-0.2, 0) is 17.1 Å². The molecule has 0 heterocycles. The zero-order valence-corrected chi connectivity index (χ0v) is 7.24. The van der Waals surface area contributed by atoms with Crippen LogP contribution in [0, 0.1) is 40.8 Å². The summed E-state index contributed by atoms with van der Waals surface area (Å²) in [6, 6.07) is 0. The van der Waals surface area contributed by atoms with Crippen LogP contribution in [0.2, 0.25) is 0 Å². The van der Waals surface area contributed by atoms with Gasteiger partial charge in [-0.1, -0.05) is 0 Å². The Bertz CT molecular complexity index is 8.00. The minimum Gasteiger partial charge on any atom is 0 e. The summed E-state index contributed by atoms with van der Waals surface area (Å²) >= 11 is 0. The summed E-state index contributed by atoms with van der Waals surface area (Å²) in [5, 5.41) is 0. The van der Waals surface area contributed by atoms with Gasteiger partial charge in [0.05, 0.1) is 0 Å². The first-order valence-electron chi connectivity index (χ1n) is 0. The molecule has 7 radical (unpaired) electrons. The Morgan fingerprint density at radius 3 is 1.00 bits per heavy atom. The van der Waals surface area contributed by atoms with Crippen molar-refractivity contribution in [3.63, 3.8) is 0 Å². The fourth-order valence-electron chi connectivity index (χ4n) is 0. The molecule has 4 heteroatoms. The maximum absolute atomic E-state index is 0. The fraction of sp³-hybridized carbons (Fsp3) is 0. The minimum absolute atomic E-state index is 0. The van der Waals surface area contributed by atoms with E-state index >= 15 is 0 Å². The van der Waals surface area contributed by atoms with Gasteiger partial charge in [-0.3, -0.25) is 0 Å². The molecule has 0 N–H and O–H groups in total. The standard InChI is InChI=1S/B.Fe.Nd.Si. The molecule has 0 aromatic carbocycles. The molecule has 0 fully saturated rings. The molecule has 0 aromatic rings. The van der Waals surface area contributed by atoms with Gasteiger partial charge in [-0.15, -0.1) is 0 Å². The van der Waals surface area contributed by atoms with Crippen molar-refractivity contribution < 1.29 is 57.9 Å². The molecule has 0 aliphatic rings. The molecule has 0 bridgehead atoms. The summed E-state index contributed by atoms with van der Waals surface area (Å²) < 4.78 is 0. The van der Waals surface area contributed by atoms with Crippen molar-refractivity contribution in [2.24, 2.45) is 0 Å². The SMILES string of the molecule is [B].[Fe].[Nd].[Si]. The summed E-state index contributed by atoms with van der Waals surface area (Å²) in [5.41, 5.74) is 0. The molecule has 0 saturated carbocycles. The van der Waals surface area contributed by atoms with Gasteiger partial charge in [0.2, 0.25) is 0 Å². The van der Waals surface area contributed by atoms with E-state index in [2.05, 4.69) is 0 Å². The Morgan fingerprint density at radius 1 is 1.00 bits per heavy atom. The van der Waals surface area contributed by atoms with E-state index in [1.54, 1.807) is 0 Å². The zero-order chi connectivity index (χ0) is 0. The van der Waals surface area contributed by atoms with Gasteiger partial charge in [0.15, 0.2) is 0 Å². The molecule has 0 aliphatic carbocycles. The van der Waals surface area contributed by atoms with Crippen LogP contribution in [0.3, 0.4) is 0 Å². The van der Waals surface area contributed by atoms with Gasteiger partial charge in [-0.05, 0) is 0 Å². The molecule has 0 unspecified atom stereocenters. The Kier molecular flexibility index (Phi) is 169. The van der Waals surface area contributed by atoms with Crippen molar-refractivity contribution in [3.8, 4) is 0 Å². The van der Waals surface area contributed by atoms with Crippen molar-refractivity contribution >= 4 is 19.4 Å². The third-order valence-electron chi connectivity index (χ3n) is 0. The second kappa shape index (κ2) is 19.2. The number of rotatable bonds is 0. The first kappa shape index (κ1) is 35.3. The summed E-state index contributed by atoms with van der Waals surface area (Å²) in [6.07, 6.45) is 0. The Balaban J connectivity index is 0. The molecule has 0 rings (SSSR count). The first-order chi connectivity index (χ1) is 0. The van der Waals surface area contributed by atoms with Crippen molar-refractivity contribution in [1.82, 2.24) is 0 Å². The van der Waals surface area contributed by atoms with Gasteiger partial charge in [-0.2, -0.15) is 0 Å². The van der Waals surface area contributed by atoms with E-state index in [0.717, 1.165) is 0 Å². The predicted octanol–water partition coefficient (Wildman–Crippen LogP) is -0.764. The molecule has 19 valence electrons. The van der Waals surface area contributed by atoms with Crippen molar-refractivity contribution in [3.05, 3.63) is 0 Å². The van der Waals surface area contributed by atoms with E-state index in [4.69, 9.17) is 0 Å². The number of hydrogen-bond acceptors (Lipinski definition) is 0. The Morgan fingerprint density at radius 2 is 1.00 bits per heavy atom. The molecule has 0 aromatic heterocycles. The third kappa shape index (κ3) is 8.91. The average Bonchev–Trinajstić information content (AvgIpc) is 0. The molecule has 0 nitrogen and oxygen atoms in total. The van der Waals surface area contributed by atoms with E-state index in [-0.39, 0.29) is 77.3 Å². The van der Waals surface area contributed by atoms with Crippen LogP contribution in [0.5, 0.6) is 0 Å². The Labute approximate surface area is 76.1 Å². The summed E-state index contributed by atoms with van der Waals surface area (Å²) in [5.74, 6) is 0. The maximum Gasteiger partial charge on any atom is 0 e. The molecular formula is BFeNdSi. The van der Waals surface area contributed by atoms with Gasteiger partial charge in [0.1, 0.15) is 0 Å². The van der Waals surface area contributed by atoms with Crippen molar-refractivity contribution in [2.45, 2.75) is 0 Å². The second-order valence-electron chi connectivity index (χ2n) is 0. The van der Waals surface area contributed by atoms with Crippen molar-refractivity contribution in [2.75, 3.05) is 0 Å². The van der Waals surface area contributed by atoms with Crippen LogP contribution in [0.4, 0.5) is 0 Å². The van der Waals surface area contributed by atoms with E-state index < -0.39 is 0 Å². The molecule has 0 aliphatic heterocycles. The quantitative estimate of drug-likeness (QED) is 0.487. The van der Waals surface area contributed by atoms with Crippen LogP contribution < -0.4 is 0 Å². The monoisotopic (exact) mass is 237 g/mol. The summed E-state index contributed by atoms with van der Waals surface area (Å²) in [7, 11) is 0. The average molecular weight is 239 g/mol. The van der Waals surface area contributed by atoms with E-state index in [0.29, 0.717) is 0 Å². The van der Waals surface area contributed by atoms with Gasteiger partial charge in [0.25, 0.3) is 0 Å². The summed E-state index contributed by atoms with van der Waals surface area (Å²) in [4.78, 5) is 0. The van der Waals surface area contributed by atoms with Crippen LogP contribution in [0.15, 0.2) is 0 Å². The first-order valence-corrected chi connectivity index (χ1v) is 0. The predicted molar refractivity (Wildman–Crippen MR) is 11.5 cm³/mol. The molecule has 0 spiro atoms. The van der Waals surface area contributed by atoms with Crippen LogP contribution in [0.25, 0.3) is 0 Å². The maximum atomic E-state index is 0. The minimum atomic E-state index is 0.